The highest BCUT2D eigenvalue weighted by atomic mass is 16.5. The van der Waals surface area contributed by atoms with Crippen molar-refractivity contribution in [1.29, 1.82) is 5.26 Å². The maximum atomic E-state index is 8.97. The Morgan fingerprint density at radius 1 is 1.55 bits per heavy atom. The number of benzene rings is 1. The second kappa shape index (κ2) is 6.43. The first-order valence-electron chi connectivity index (χ1n) is 6.17. The van der Waals surface area contributed by atoms with Gasteiger partial charge in [0, 0.05) is 6.54 Å². The molecule has 1 aromatic heterocycles. The predicted octanol–water partition coefficient (Wildman–Crippen LogP) is 3.03. The molecule has 0 spiro atoms. The minimum atomic E-state index is 0.175. The lowest BCUT2D eigenvalue weighted by atomic mass is 10.2. The van der Waals surface area contributed by atoms with Gasteiger partial charge in [0.25, 0.3) is 0 Å². The first kappa shape index (κ1) is 13.7. The van der Waals surface area contributed by atoms with E-state index in [-0.39, 0.29) is 12.3 Å². The lowest BCUT2D eigenvalue weighted by Gasteiger charge is -2.03. The Kier molecular flexibility index (Phi) is 4.40. The van der Waals surface area contributed by atoms with Gasteiger partial charge in [0.2, 0.25) is 17.5 Å². The SMILES string of the molecule is C=CCNc1oc(COc2cccc(C)c2)nc1C#N. The summed E-state index contributed by atoms with van der Waals surface area (Å²) < 4.78 is 11.0. The van der Waals surface area contributed by atoms with E-state index < -0.39 is 0 Å². The van der Waals surface area contributed by atoms with Crippen molar-refractivity contribution in [3.8, 4) is 11.8 Å². The molecule has 20 heavy (non-hydrogen) atoms. The highest BCUT2D eigenvalue weighted by molar-refractivity contribution is 5.45. The van der Waals surface area contributed by atoms with Crippen LogP contribution in [0.2, 0.25) is 0 Å². The molecule has 5 nitrogen and oxygen atoms in total. The molecule has 0 aliphatic carbocycles. The highest BCUT2D eigenvalue weighted by Crippen LogP contribution is 2.19. The largest absolute Gasteiger partial charge is 0.484 e. The topological polar surface area (TPSA) is 71.1 Å². The third-order valence-corrected chi connectivity index (χ3v) is 2.54. The van der Waals surface area contributed by atoms with Crippen molar-refractivity contribution in [2.75, 3.05) is 11.9 Å². The van der Waals surface area contributed by atoms with Crippen molar-refractivity contribution in [2.24, 2.45) is 0 Å². The number of aryl methyl sites for hydroxylation is 1. The average molecular weight is 269 g/mol. The van der Waals surface area contributed by atoms with Gasteiger partial charge in [0.15, 0.2) is 6.61 Å². The fourth-order valence-electron chi connectivity index (χ4n) is 1.64. The summed E-state index contributed by atoms with van der Waals surface area (Å²) in [5.41, 5.74) is 1.33. The van der Waals surface area contributed by atoms with Crippen LogP contribution in [-0.4, -0.2) is 11.5 Å². The minimum Gasteiger partial charge on any atom is -0.484 e. The van der Waals surface area contributed by atoms with E-state index in [1.54, 1.807) is 6.08 Å². The van der Waals surface area contributed by atoms with Crippen molar-refractivity contribution in [3.63, 3.8) is 0 Å². The molecule has 2 rings (SSSR count). The van der Waals surface area contributed by atoms with Gasteiger partial charge >= 0.3 is 0 Å². The molecule has 1 aromatic carbocycles. The molecular formula is C15H15N3O2. The number of hydrogen-bond acceptors (Lipinski definition) is 5. The Morgan fingerprint density at radius 3 is 3.10 bits per heavy atom. The Bertz CT molecular complexity index is 641. The van der Waals surface area contributed by atoms with Crippen LogP contribution < -0.4 is 10.1 Å². The lowest BCUT2D eigenvalue weighted by Crippen LogP contribution is -1.97. The van der Waals surface area contributed by atoms with E-state index >= 15 is 0 Å². The fraction of sp³-hybridized carbons (Fsp3) is 0.200. The van der Waals surface area contributed by atoms with Gasteiger partial charge in [0.1, 0.15) is 11.8 Å². The number of nitrogens with one attached hydrogen (secondary N) is 1. The van der Waals surface area contributed by atoms with Gasteiger partial charge in [0.05, 0.1) is 0 Å². The maximum Gasteiger partial charge on any atom is 0.236 e. The molecule has 102 valence electrons. The van der Waals surface area contributed by atoms with Gasteiger partial charge < -0.3 is 14.5 Å². The highest BCUT2D eigenvalue weighted by Gasteiger charge is 2.12. The molecule has 0 saturated heterocycles. The fourth-order valence-corrected chi connectivity index (χ4v) is 1.64. The molecule has 0 aliphatic heterocycles. The summed E-state index contributed by atoms with van der Waals surface area (Å²) in [5, 5.41) is 11.9. The van der Waals surface area contributed by atoms with Crippen LogP contribution in [0.4, 0.5) is 5.88 Å². The Labute approximate surface area is 117 Å². The van der Waals surface area contributed by atoms with E-state index in [2.05, 4.69) is 16.9 Å². The molecule has 0 atom stereocenters. The second-order valence-electron chi connectivity index (χ2n) is 4.17. The molecule has 1 heterocycles. The first-order chi connectivity index (χ1) is 9.72. The van der Waals surface area contributed by atoms with Crippen molar-refractivity contribution in [2.45, 2.75) is 13.5 Å². The average Bonchev–Trinajstić information content (AvgIpc) is 2.85. The van der Waals surface area contributed by atoms with Crippen molar-refractivity contribution >= 4 is 5.88 Å². The standard InChI is InChI=1S/C15H15N3O2/c1-3-7-17-15-13(9-16)18-14(20-15)10-19-12-6-4-5-11(2)8-12/h3-6,8,17H,1,7,10H2,2H3. The number of hydrogen-bond donors (Lipinski definition) is 1. The molecule has 5 heteroatoms. The van der Waals surface area contributed by atoms with Crippen LogP contribution in [0.5, 0.6) is 5.75 Å². The molecule has 0 fully saturated rings. The van der Waals surface area contributed by atoms with E-state index in [0.717, 1.165) is 11.3 Å². The zero-order valence-electron chi connectivity index (χ0n) is 11.2. The Hall–Kier alpha value is -2.74. The van der Waals surface area contributed by atoms with Gasteiger partial charge in [-0.2, -0.15) is 10.2 Å². The maximum absolute atomic E-state index is 8.97. The summed E-state index contributed by atoms with van der Waals surface area (Å²) in [6, 6.07) is 9.66. The summed E-state index contributed by atoms with van der Waals surface area (Å²) >= 11 is 0. The lowest BCUT2D eigenvalue weighted by molar-refractivity contribution is 0.264. The third kappa shape index (κ3) is 3.39. The molecule has 0 bridgehead atoms. The number of aromatic nitrogens is 1. The minimum absolute atomic E-state index is 0.175. The van der Waals surface area contributed by atoms with Crippen LogP contribution in [-0.2, 0) is 6.61 Å². The molecule has 2 aromatic rings. The van der Waals surface area contributed by atoms with Crippen LogP contribution in [0.1, 0.15) is 17.1 Å². The molecule has 0 saturated carbocycles. The molecule has 0 unspecified atom stereocenters. The van der Waals surface area contributed by atoms with Gasteiger partial charge in [-0.15, -0.1) is 6.58 Å². The molecular weight excluding hydrogens is 254 g/mol. The van der Waals surface area contributed by atoms with E-state index in [4.69, 9.17) is 14.4 Å². The van der Waals surface area contributed by atoms with E-state index in [1.165, 1.54) is 0 Å². The zero-order valence-corrected chi connectivity index (χ0v) is 11.2. The smallest absolute Gasteiger partial charge is 0.236 e. The predicted molar refractivity (Wildman–Crippen MR) is 75.4 cm³/mol. The first-order valence-corrected chi connectivity index (χ1v) is 6.17. The van der Waals surface area contributed by atoms with Crippen molar-refractivity contribution < 1.29 is 9.15 Å². The van der Waals surface area contributed by atoms with Crippen LogP contribution in [0, 0.1) is 18.3 Å². The van der Waals surface area contributed by atoms with Gasteiger partial charge in [-0.05, 0) is 24.6 Å². The number of rotatable bonds is 6. The van der Waals surface area contributed by atoms with E-state index in [1.807, 2.05) is 37.3 Å². The van der Waals surface area contributed by atoms with Crippen LogP contribution >= 0.6 is 0 Å². The molecule has 1 N–H and O–H groups in total. The third-order valence-electron chi connectivity index (χ3n) is 2.54. The van der Waals surface area contributed by atoms with Crippen LogP contribution in [0.3, 0.4) is 0 Å². The number of anilines is 1. The van der Waals surface area contributed by atoms with E-state index in [0.29, 0.717) is 18.3 Å². The Morgan fingerprint density at radius 2 is 2.40 bits per heavy atom. The van der Waals surface area contributed by atoms with Crippen LogP contribution in [0.25, 0.3) is 0 Å². The van der Waals surface area contributed by atoms with E-state index in [9.17, 15) is 0 Å². The summed E-state index contributed by atoms with van der Waals surface area (Å²) in [4.78, 5) is 4.07. The summed E-state index contributed by atoms with van der Waals surface area (Å²) in [7, 11) is 0. The number of nitriles is 1. The van der Waals surface area contributed by atoms with Crippen molar-refractivity contribution in [3.05, 3.63) is 54.1 Å². The summed E-state index contributed by atoms with van der Waals surface area (Å²) in [6.45, 7) is 6.26. The van der Waals surface area contributed by atoms with Gasteiger partial charge in [-0.1, -0.05) is 18.2 Å². The van der Waals surface area contributed by atoms with Gasteiger partial charge in [-0.25, -0.2) is 0 Å². The molecule has 0 aliphatic rings. The quantitative estimate of drug-likeness (QED) is 0.816. The van der Waals surface area contributed by atoms with Gasteiger partial charge in [-0.3, -0.25) is 0 Å². The summed E-state index contributed by atoms with van der Waals surface area (Å²) in [5.74, 6) is 1.44. The number of ether oxygens (including phenoxy) is 1. The monoisotopic (exact) mass is 269 g/mol. The zero-order chi connectivity index (χ0) is 14.4. The molecule has 0 radical (unpaired) electrons. The van der Waals surface area contributed by atoms with Crippen molar-refractivity contribution in [1.82, 2.24) is 4.98 Å². The van der Waals surface area contributed by atoms with Crippen LogP contribution in [0.15, 0.2) is 41.3 Å². The Balaban J connectivity index is 2.04. The second-order valence-corrected chi connectivity index (χ2v) is 4.17. The number of nitrogens with zero attached hydrogens (tertiary/aromatic N) is 2. The molecule has 0 amide bonds. The summed E-state index contributed by atoms with van der Waals surface area (Å²) in [6.07, 6.45) is 1.67. The number of oxazole rings is 1. The normalized spacial score (nSPS) is 9.80.